The molecule has 2 atom stereocenters. The highest BCUT2D eigenvalue weighted by atomic mass is 79.9. The lowest BCUT2D eigenvalue weighted by Gasteiger charge is -2.23. The highest BCUT2D eigenvalue weighted by molar-refractivity contribution is 9.10. The molecule has 2 rings (SSSR count). The predicted octanol–water partition coefficient (Wildman–Crippen LogP) is 4.19. The van der Waals surface area contributed by atoms with Crippen LogP contribution >= 0.6 is 15.9 Å². The van der Waals surface area contributed by atoms with Crippen molar-refractivity contribution >= 4 is 15.9 Å². The van der Waals surface area contributed by atoms with Crippen molar-refractivity contribution in [1.29, 1.82) is 0 Å². The van der Waals surface area contributed by atoms with Crippen molar-refractivity contribution in [2.24, 2.45) is 5.73 Å². The van der Waals surface area contributed by atoms with Crippen LogP contribution in [0.25, 0.3) is 0 Å². The standard InChI is InChI=1S/C15H14BrF2NO/c1-9(19)15(10-2-4-11(16)5-3-10)20-12-6-7-13(17)14(18)8-12/h2-9,15H,19H2,1H3. The summed E-state index contributed by atoms with van der Waals surface area (Å²) in [6, 6.07) is 10.6. The molecule has 20 heavy (non-hydrogen) atoms. The lowest BCUT2D eigenvalue weighted by atomic mass is 10.0. The van der Waals surface area contributed by atoms with Gasteiger partial charge < -0.3 is 10.5 Å². The van der Waals surface area contributed by atoms with Gasteiger partial charge in [-0.25, -0.2) is 8.78 Å². The summed E-state index contributed by atoms with van der Waals surface area (Å²) in [5.74, 6) is -1.60. The largest absolute Gasteiger partial charge is 0.484 e. The van der Waals surface area contributed by atoms with Crippen LogP contribution in [0.3, 0.4) is 0 Å². The Hall–Kier alpha value is -1.46. The van der Waals surface area contributed by atoms with Gasteiger partial charge in [-0.3, -0.25) is 0 Å². The number of hydrogen-bond donors (Lipinski definition) is 1. The number of hydrogen-bond acceptors (Lipinski definition) is 2. The zero-order valence-electron chi connectivity index (χ0n) is 10.8. The Morgan fingerprint density at radius 2 is 1.70 bits per heavy atom. The second kappa shape index (κ2) is 6.33. The summed E-state index contributed by atoms with van der Waals surface area (Å²) in [6.45, 7) is 1.80. The molecule has 0 saturated carbocycles. The van der Waals surface area contributed by atoms with Gasteiger partial charge in [0.1, 0.15) is 11.9 Å². The maximum Gasteiger partial charge on any atom is 0.162 e. The molecule has 0 spiro atoms. The summed E-state index contributed by atoms with van der Waals surface area (Å²) in [5.41, 5.74) is 6.79. The van der Waals surface area contributed by atoms with Crippen LogP contribution in [0.15, 0.2) is 46.9 Å². The SMILES string of the molecule is CC(N)C(Oc1ccc(F)c(F)c1)c1ccc(Br)cc1. The Kier molecular flexibility index (Phi) is 4.73. The summed E-state index contributed by atoms with van der Waals surface area (Å²) < 4.78 is 32.7. The Labute approximate surface area is 124 Å². The Bertz CT molecular complexity index is 587. The third-order valence-corrected chi connectivity index (χ3v) is 3.36. The lowest BCUT2D eigenvalue weighted by molar-refractivity contribution is 0.179. The molecule has 0 saturated heterocycles. The number of halogens is 3. The van der Waals surface area contributed by atoms with Gasteiger partial charge in [0.05, 0.1) is 0 Å². The van der Waals surface area contributed by atoms with E-state index in [-0.39, 0.29) is 11.8 Å². The minimum absolute atomic E-state index is 0.245. The second-order valence-electron chi connectivity index (χ2n) is 4.53. The normalized spacial score (nSPS) is 13.8. The fraction of sp³-hybridized carbons (Fsp3) is 0.200. The quantitative estimate of drug-likeness (QED) is 0.904. The van der Waals surface area contributed by atoms with Gasteiger partial charge in [-0.05, 0) is 36.8 Å². The summed E-state index contributed by atoms with van der Waals surface area (Å²) in [6.07, 6.45) is -0.437. The van der Waals surface area contributed by atoms with E-state index in [0.29, 0.717) is 0 Å². The van der Waals surface area contributed by atoms with Crippen LogP contribution in [0.4, 0.5) is 8.78 Å². The molecule has 5 heteroatoms. The third-order valence-electron chi connectivity index (χ3n) is 2.83. The highest BCUT2D eigenvalue weighted by Crippen LogP contribution is 2.26. The Morgan fingerprint density at radius 1 is 1.05 bits per heavy atom. The van der Waals surface area contributed by atoms with Gasteiger partial charge in [-0.15, -0.1) is 0 Å². The smallest absolute Gasteiger partial charge is 0.162 e. The van der Waals surface area contributed by atoms with Crippen molar-refractivity contribution in [3.8, 4) is 5.75 Å². The molecule has 2 aromatic rings. The fourth-order valence-electron chi connectivity index (χ4n) is 1.83. The number of nitrogens with two attached hydrogens (primary N) is 1. The monoisotopic (exact) mass is 341 g/mol. The van der Waals surface area contributed by atoms with Gasteiger partial charge in [0.15, 0.2) is 11.6 Å². The van der Waals surface area contributed by atoms with E-state index in [1.807, 2.05) is 24.3 Å². The van der Waals surface area contributed by atoms with E-state index >= 15 is 0 Å². The Balaban J connectivity index is 2.25. The first kappa shape index (κ1) is 14.9. The van der Waals surface area contributed by atoms with Gasteiger partial charge in [0, 0.05) is 16.6 Å². The third kappa shape index (κ3) is 3.55. The van der Waals surface area contributed by atoms with E-state index in [9.17, 15) is 8.78 Å². The van der Waals surface area contributed by atoms with E-state index in [1.165, 1.54) is 6.07 Å². The molecule has 2 N–H and O–H groups in total. The average Bonchev–Trinajstić information content (AvgIpc) is 2.41. The van der Waals surface area contributed by atoms with Crippen LogP contribution in [0.1, 0.15) is 18.6 Å². The van der Waals surface area contributed by atoms with Gasteiger partial charge in [-0.1, -0.05) is 28.1 Å². The molecule has 0 bridgehead atoms. The minimum atomic E-state index is -0.943. The molecule has 0 aromatic heterocycles. The first-order valence-electron chi connectivity index (χ1n) is 6.10. The highest BCUT2D eigenvalue weighted by Gasteiger charge is 2.19. The predicted molar refractivity (Wildman–Crippen MR) is 77.5 cm³/mol. The van der Waals surface area contributed by atoms with Crippen molar-refractivity contribution in [1.82, 2.24) is 0 Å². The molecular formula is C15H14BrF2NO. The molecule has 2 nitrogen and oxygen atoms in total. The second-order valence-corrected chi connectivity index (χ2v) is 5.44. The van der Waals surface area contributed by atoms with Crippen LogP contribution in [-0.2, 0) is 0 Å². The minimum Gasteiger partial charge on any atom is -0.484 e. The lowest BCUT2D eigenvalue weighted by Crippen LogP contribution is -2.29. The molecular weight excluding hydrogens is 328 g/mol. The summed E-state index contributed by atoms with van der Waals surface area (Å²) in [4.78, 5) is 0. The molecule has 0 radical (unpaired) electrons. The van der Waals surface area contributed by atoms with Gasteiger partial charge in [0.2, 0.25) is 0 Å². The van der Waals surface area contributed by atoms with Crippen LogP contribution in [-0.4, -0.2) is 6.04 Å². The molecule has 2 unspecified atom stereocenters. The number of ether oxygens (including phenoxy) is 1. The molecule has 0 aliphatic heterocycles. The summed E-state index contributed by atoms with van der Waals surface area (Å²) in [5, 5.41) is 0. The van der Waals surface area contributed by atoms with Gasteiger partial charge in [-0.2, -0.15) is 0 Å². The van der Waals surface area contributed by atoms with Crippen LogP contribution in [0.2, 0.25) is 0 Å². The topological polar surface area (TPSA) is 35.2 Å². The fourth-order valence-corrected chi connectivity index (χ4v) is 2.09. The molecule has 2 aromatic carbocycles. The van der Waals surface area contributed by atoms with E-state index < -0.39 is 17.7 Å². The molecule has 0 fully saturated rings. The van der Waals surface area contributed by atoms with Gasteiger partial charge >= 0.3 is 0 Å². The van der Waals surface area contributed by atoms with Crippen LogP contribution in [0.5, 0.6) is 5.75 Å². The summed E-state index contributed by atoms with van der Waals surface area (Å²) >= 11 is 3.35. The van der Waals surface area contributed by atoms with E-state index in [0.717, 1.165) is 22.2 Å². The molecule has 106 valence electrons. The zero-order valence-corrected chi connectivity index (χ0v) is 12.4. The molecule has 0 aliphatic carbocycles. The van der Waals surface area contributed by atoms with Crippen molar-refractivity contribution in [2.45, 2.75) is 19.1 Å². The number of benzene rings is 2. The van der Waals surface area contributed by atoms with Gasteiger partial charge in [0.25, 0.3) is 0 Å². The molecule has 0 amide bonds. The van der Waals surface area contributed by atoms with E-state index in [1.54, 1.807) is 6.92 Å². The van der Waals surface area contributed by atoms with Crippen molar-refractivity contribution < 1.29 is 13.5 Å². The summed E-state index contributed by atoms with van der Waals surface area (Å²) in [7, 11) is 0. The van der Waals surface area contributed by atoms with E-state index in [2.05, 4.69) is 15.9 Å². The van der Waals surface area contributed by atoms with Crippen molar-refractivity contribution in [2.75, 3.05) is 0 Å². The maximum absolute atomic E-state index is 13.2. The average molecular weight is 342 g/mol. The number of rotatable bonds is 4. The van der Waals surface area contributed by atoms with Crippen molar-refractivity contribution in [3.63, 3.8) is 0 Å². The van der Waals surface area contributed by atoms with Crippen molar-refractivity contribution in [3.05, 3.63) is 64.1 Å². The van der Waals surface area contributed by atoms with E-state index in [4.69, 9.17) is 10.5 Å². The molecule has 0 aliphatic rings. The maximum atomic E-state index is 13.2. The molecule has 0 heterocycles. The first-order chi connectivity index (χ1) is 9.47. The van der Waals surface area contributed by atoms with Crippen LogP contribution in [0, 0.1) is 11.6 Å². The Morgan fingerprint density at radius 3 is 2.25 bits per heavy atom. The zero-order chi connectivity index (χ0) is 14.7. The first-order valence-corrected chi connectivity index (χ1v) is 6.89. The van der Waals surface area contributed by atoms with Crippen LogP contribution < -0.4 is 10.5 Å².